The molecule has 1 aliphatic carbocycles. The van der Waals surface area contributed by atoms with Crippen molar-refractivity contribution in [3.8, 4) is 11.3 Å². The van der Waals surface area contributed by atoms with Gasteiger partial charge in [-0.05, 0) is 26.7 Å². The molecule has 0 saturated heterocycles. The second-order valence-corrected chi connectivity index (χ2v) is 6.94. The van der Waals surface area contributed by atoms with Crippen molar-refractivity contribution in [3.05, 3.63) is 41.7 Å². The molecule has 148 valence electrons. The van der Waals surface area contributed by atoms with Crippen LogP contribution in [0.2, 0.25) is 0 Å². The van der Waals surface area contributed by atoms with E-state index in [-0.39, 0.29) is 23.6 Å². The molecule has 9 heteroatoms. The molecule has 0 unspecified atom stereocenters. The first-order valence-corrected chi connectivity index (χ1v) is 8.96. The van der Waals surface area contributed by atoms with Crippen LogP contribution in [0.3, 0.4) is 0 Å². The molecule has 28 heavy (non-hydrogen) atoms. The minimum atomic E-state index is -1.21. The third kappa shape index (κ3) is 4.55. The molecule has 1 aliphatic rings. The Kier molecular flexibility index (Phi) is 5.74. The van der Waals surface area contributed by atoms with Crippen molar-refractivity contribution >= 4 is 17.7 Å². The molecule has 0 radical (unpaired) electrons. The van der Waals surface area contributed by atoms with Gasteiger partial charge in [0.05, 0.1) is 0 Å². The Morgan fingerprint density at radius 3 is 2.50 bits per heavy atom. The van der Waals surface area contributed by atoms with Crippen molar-refractivity contribution in [2.45, 2.75) is 38.8 Å². The number of aliphatic hydroxyl groups excluding tert-OH is 1. The van der Waals surface area contributed by atoms with Gasteiger partial charge in [-0.1, -0.05) is 35.0 Å². The summed E-state index contributed by atoms with van der Waals surface area (Å²) >= 11 is 0. The molecule has 3 amide bonds. The molecule has 0 aliphatic heterocycles. The van der Waals surface area contributed by atoms with Gasteiger partial charge in [0.1, 0.15) is 11.8 Å². The second-order valence-electron chi connectivity index (χ2n) is 6.94. The Hall–Kier alpha value is -3.20. The molecule has 1 fully saturated rings. The number of nitrogens with one attached hydrogen (secondary N) is 3. The number of carbonyl (C=O) groups excluding carboxylic acids is 3. The van der Waals surface area contributed by atoms with Gasteiger partial charge in [0.2, 0.25) is 11.7 Å². The fourth-order valence-corrected chi connectivity index (χ4v) is 2.78. The topological polar surface area (TPSA) is 134 Å². The normalized spacial score (nSPS) is 19.2. The van der Waals surface area contributed by atoms with E-state index in [1.54, 1.807) is 6.07 Å². The predicted octanol–water partition coefficient (Wildman–Crippen LogP) is 0.687. The number of amides is 3. The van der Waals surface area contributed by atoms with Crippen LogP contribution in [-0.2, 0) is 9.59 Å². The van der Waals surface area contributed by atoms with Crippen molar-refractivity contribution in [2.24, 2.45) is 5.92 Å². The number of aryl methyl sites for hydroxylation is 1. The summed E-state index contributed by atoms with van der Waals surface area (Å²) in [5.74, 6) is -1.66. The Morgan fingerprint density at radius 1 is 1.18 bits per heavy atom. The molecule has 1 heterocycles. The van der Waals surface area contributed by atoms with Crippen LogP contribution in [0.15, 0.2) is 34.9 Å². The third-order valence-corrected chi connectivity index (χ3v) is 4.61. The minimum absolute atomic E-state index is 0.104. The van der Waals surface area contributed by atoms with Crippen LogP contribution in [0.5, 0.6) is 0 Å². The molecule has 1 aromatic heterocycles. The molecule has 9 nitrogen and oxygen atoms in total. The highest BCUT2D eigenvalue weighted by molar-refractivity contribution is 5.93. The van der Waals surface area contributed by atoms with Crippen LogP contribution in [-0.4, -0.2) is 40.1 Å². The van der Waals surface area contributed by atoms with Crippen LogP contribution < -0.4 is 16.2 Å². The van der Waals surface area contributed by atoms with Crippen molar-refractivity contribution in [3.63, 3.8) is 0 Å². The van der Waals surface area contributed by atoms with E-state index in [9.17, 15) is 14.4 Å². The fourth-order valence-electron chi connectivity index (χ4n) is 2.78. The molecule has 1 aromatic carbocycles. The third-order valence-electron chi connectivity index (χ3n) is 4.61. The lowest BCUT2D eigenvalue weighted by Gasteiger charge is -2.34. The van der Waals surface area contributed by atoms with E-state index < -0.39 is 17.9 Å². The van der Waals surface area contributed by atoms with E-state index in [1.807, 2.05) is 31.2 Å². The molecule has 0 spiro atoms. The highest BCUT2D eigenvalue weighted by Crippen LogP contribution is 2.28. The Bertz CT molecular complexity index is 869. The van der Waals surface area contributed by atoms with Crippen molar-refractivity contribution < 1.29 is 24.0 Å². The Labute approximate surface area is 161 Å². The lowest BCUT2D eigenvalue weighted by molar-refractivity contribution is -0.136. The summed E-state index contributed by atoms with van der Waals surface area (Å²) in [4.78, 5) is 35.4. The zero-order chi connectivity index (χ0) is 20.3. The van der Waals surface area contributed by atoms with Crippen LogP contribution in [0.4, 0.5) is 0 Å². The van der Waals surface area contributed by atoms with E-state index in [0.29, 0.717) is 18.5 Å². The van der Waals surface area contributed by atoms with Gasteiger partial charge in [0, 0.05) is 23.6 Å². The number of benzene rings is 1. The highest BCUT2D eigenvalue weighted by Gasteiger charge is 2.36. The first kappa shape index (κ1) is 19.6. The first-order valence-electron chi connectivity index (χ1n) is 8.96. The lowest BCUT2D eigenvalue weighted by Crippen LogP contribution is -2.53. The number of carbonyl (C=O) groups is 3. The number of hydrogen-bond acceptors (Lipinski definition) is 6. The van der Waals surface area contributed by atoms with Crippen LogP contribution in [0.1, 0.15) is 35.9 Å². The molecule has 4 N–H and O–H groups in total. The zero-order valence-corrected chi connectivity index (χ0v) is 15.6. The van der Waals surface area contributed by atoms with Gasteiger partial charge in [-0.15, -0.1) is 0 Å². The summed E-state index contributed by atoms with van der Waals surface area (Å²) in [5.41, 5.74) is 6.94. The van der Waals surface area contributed by atoms with Crippen molar-refractivity contribution in [2.75, 3.05) is 0 Å². The minimum Gasteiger partial charge on any atom is -0.383 e. The largest absolute Gasteiger partial charge is 0.383 e. The van der Waals surface area contributed by atoms with Crippen LogP contribution in [0.25, 0.3) is 11.3 Å². The molecule has 1 atom stereocenters. The zero-order valence-electron chi connectivity index (χ0n) is 15.6. The number of hydrogen-bond donors (Lipinski definition) is 4. The number of nitrogens with zero attached hydrogens (tertiary/aromatic N) is 1. The van der Waals surface area contributed by atoms with E-state index in [2.05, 4.69) is 21.3 Å². The highest BCUT2D eigenvalue weighted by atomic mass is 16.5. The van der Waals surface area contributed by atoms with E-state index in [4.69, 9.17) is 9.63 Å². The van der Waals surface area contributed by atoms with Gasteiger partial charge in [-0.25, -0.2) is 0 Å². The number of aromatic nitrogens is 1. The molecule has 0 bridgehead atoms. The molecule has 3 rings (SSSR count). The van der Waals surface area contributed by atoms with Gasteiger partial charge in [-0.3, -0.25) is 25.2 Å². The first-order chi connectivity index (χ1) is 13.3. The van der Waals surface area contributed by atoms with Crippen molar-refractivity contribution in [1.82, 2.24) is 21.3 Å². The summed E-state index contributed by atoms with van der Waals surface area (Å²) < 4.78 is 5.13. The number of hydrazine groups is 1. The maximum atomic E-state index is 12.3. The summed E-state index contributed by atoms with van der Waals surface area (Å²) in [6.07, 6.45) is -0.317. The number of rotatable bonds is 5. The smallest absolute Gasteiger partial charge is 0.290 e. The lowest BCUT2D eigenvalue weighted by atomic mass is 9.79. The molecular weight excluding hydrogens is 364 g/mol. The maximum absolute atomic E-state index is 12.3. The van der Waals surface area contributed by atoms with E-state index in [0.717, 1.165) is 11.1 Å². The molecule has 2 aromatic rings. The van der Waals surface area contributed by atoms with Gasteiger partial charge < -0.3 is 14.9 Å². The average molecular weight is 386 g/mol. The Morgan fingerprint density at radius 2 is 1.86 bits per heavy atom. The fraction of sp³-hybridized carbons (Fsp3) is 0.368. The van der Waals surface area contributed by atoms with Gasteiger partial charge >= 0.3 is 0 Å². The maximum Gasteiger partial charge on any atom is 0.290 e. The Balaban J connectivity index is 1.46. The van der Waals surface area contributed by atoms with Gasteiger partial charge in [-0.2, -0.15) is 0 Å². The molecular formula is C19H22N4O5. The van der Waals surface area contributed by atoms with E-state index >= 15 is 0 Å². The van der Waals surface area contributed by atoms with Gasteiger partial charge in [0.25, 0.3) is 11.8 Å². The summed E-state index contributed by atoms with van der Waals surface area (Å²) in [7, 11) is 0. The summed E-state index contributed by atoms with van der Waals surface area (Å²) in [5, 5.41) is 15.8. The second kappa shape index (κ2) is 8.22. The van der Waals surface area contributed by atoms with Crippen molar-refractivity contribution in [1.29, 1.82) is 0 Å². The molecule has 1 saturated carbocycles. The van der Waals surface area contributed by atoms with Gasteiger partial charge in [0.15, 0.2) is 0 Å². The SMILES string of the molecule is Cc1ccc(-c2cc(C(=O)N[C@H]3C[C@H](C(=O)NNC(=O)[C@@H](C)O)C3)on2)cc1. The van der Waals surface area contributed by atoms with Crippen LogP contribution >= 0.6 is 0 Å². The standard InChI is InChI=1S/C19H22N4O5/c1-10-3-5-12(6-4-10)15-9-16(28-23-15)19(27)20-14-7-13(8-14)18(26)22-21-17(25)11(2)24/h3-6,9,11,13-14,24H,7-8H2,1-2H3,(H,20,27)(H,21,25)(H,22,26)/t11-,13-,14-/m1/s1. The quantitative estimate of drug-likeness (QED) is 0.559. The van der Waals surface area contributed by atoms with E-state index in [1.165, 1.54) is 6.92 Å². The summed E-state index contributed by atoms with van der Waals surface area (Å²) in [6.45, 7) is 3.28. The summed E-state index contributed by atoms with van der Waals surface area (Å²) in [6, 6.07) is 9.12. The van der Waals surface area contributed by atoms with Crippen LogP contribution in [0, 0.1) is 12.8 Å². The average Bonchev–Trinajstić information content (AvgIpc) is 3.12. The predicted molar refractivity (Wildman–Crippen MR) is 98.6 cm³/mol. The monoisotopic (exact) mass is 386 g/mol. The number of aliphatic hydroxyl groups is 1.